The maximum Gasteiger partial charge on any atom is 0.336 e. The lowest BCUT2D eigenvalue weighted by Crippen LogP contribution is -2.00. The summed E-state index contributed by atoms with van der Waals surface area (Å²) < 4.78 is 10.4. The quantitative estimate of drug-likeness (QED) is 0.281. The van der Waals surface area contributed by atoms with Crippen LogP contribution in [0, 0.1) is 0 Å². The van der Waals surface area contributed by atoms with E-state index in [2.05, 4.69) is 10.3 Å². The third-order valence-electron chi connectivity index (χ3n) is 5.05. The van der Waals surface area contributed by atoms with Crippen LogP contribution in [0.25, 0.3) is 27.6 Å². The van der Waals surface area contributed by atoms with Gasteiger partial charge in [-0.3, -0.25) is 4.99 Å². The van der Waals surface area contributed by atoms with Crippen molar-refractivity contribution in [1.82, 2.24) is 0 Å². The van der Waals surface area contributed by atoms with Crippen LogP contribution in [0.2, 0.25) is 0 Å². The van der Waals surface area contributed by atoms with Crippen LogP contribution < -0.4 is 16.6 Å². The minimum Gasteiger partial charge on any atom is -0.423 e. The topological polar surface area (TPSA) is 84.8 Å². The molecule has 0 saturated carbocycles. The summed E-state index contributed by atoms with van der Waals surface area (Å²) in [5.74, 6) is 0. The van der Waals surface area contributed by atoms with E-state index in [1.165, 1.54) is 12.1 Å². The molecule has 160 valence electrons. The van der Waals surface area contributed by atoms with Gasteiger partial charge >= 0.3 is 11.3 Å². The van der Waals surface area contributed by atoms with Gasteiger partial charge in [0.2, 0.25) is 0 Å². The van der Waals surface area contributed by atoms with Crippen LogP contribution in [0.4, 0.5) is 11.4 Å². The number of hydrogen-bond donors (Lipinski definition) is 1. The van der Waals surface area contributed by atoms with E-state index in [1.54, 1.807) is 36.5 Å². The van der Waals surface area contributed by atoms with E-state index in [-0.39, 0.29) is 11.3 Å². The van der Waals surface area contributed by atoms with Crippen molar-refractivity contribution in [1.29, 1.82) is 0 Å². The molecule has 3 aromatic carbocycles. The maximum atomic E-state index is 11.4. The number of nitrogens with zero attached hydrogens (tertiary/aromatic N) is 1. The molecule has 5 rings (SSSR count). The van der Waals surface area contributed by atoms with Gasteiger partial charge in [0.25, 0.3) is 0 Å². The number of rotatable bonds is 5. The Morgan fingerprint density at radius 1 is 0.727 bits per heavy atom. The summed E-state index contributed by atoms with van der Waals surface area (Å²) in [4.78, 5) is 27.3. The molecular weight excluding hydrogens is 416 g/mol. The summed E-state index contributed by atoms with van der Waals surface area (Å²) in [5, 5.41) is 5.05. The molecule has 0 radical (unpaired) electrons. The standard InChI is InChI=1S/C27H18N2O4/c30-26-12-6-19-16-21(8-10-24(19)32-26)28-15-14-23(18-4-2-1-3-5-18)29-22-9-11-25-20(17-22)7-13-27(31)33-25/h1-17,29H/b23-14-,28-15?. The number of allylic oxidation sites excluding steroid dienone is 1. The van der Waals surface area contributed by atoms with Crippen LogP contribution >= 0.6 is 0 Å². The Morgan fingerprint density at radius 2 is 1.39 bits per heavy atom. The molecule has 0 fully saturated rings. The first-order valence-electron chi connectivity index (χ1n) is 10.3. The summed E-state index contributed by atoms with van der Waals surface area (Å²) in [6, 6.07) is 27.1. The SMILES string of the molecule is O=c1ccc2cc(N=C/C=C(\Nc3ccc4oc(=O)ccc4c3)c3ccccc3)ccc2o1. The van der Waals surface area contributed by atoms with E-state index in [4.69, 9.17) is 8.83 Å². The summed E-state index contributed by atoms with van der Waals surface area (Å²) in [5.41, 5.74) is 3.73. The van der Waals surface area contributed by atoms with Gasteiger partial charge in [0.15, 0.2) is 0 Å². The Balaban J connectivity index is 1.46. The smallest absolute Gasteiger partial charge is 0.336 e. The Kier molecular flexibility index (Phi) is 5.39. The zero-order valence-electron chi connectivity index (χ0n) is 17.4. The molecule has 0 atom stereocenters. The molecule has 2 heterocycles. The second-order valence-corrected chi connectivity index (χ2v) is 7.33. The number of hydrogen-bond acceptors (Lipinski definition) is 6. The second kappa shape index (κ2) is 8.80. The molecule has 1 N–H and O–H groups in total. The highest BCUT2D eigenvalue weighted by atomic mass is 16.4. The predicted octanol–water partition coefficient (Wildman–Crippen LogP) is 5.75. The van der Waals surface area contributed by atoms with Crippen LogP contribution in [-0.2, 0) is 0 Å². The van der Waals surface area contributed by atoms with Crippen molar-refractivity contribution < 1.29 is 8.83 Å². The van der Waals surface area contributed by atoms with Gasteiger partial charge in [-0.1, -0.05) is 30.3 Å². The molecule has 0 bridgehead atoms. The Morgan fingerprint density at radius 3 is 2.12 bits per heavy atom. The second-order valence-electron chi connectivity index (χ2n) is 7.33. The van der Waals surface area contributed by atoms with E-state index in [9.17, 15) is 9.59 Å². The van der Waals surface area contributed by atoms with Crippen molar-refractivity contribution in [2.45, 2.75) is 0 Å². The average Bonchev–Trinajstić information content (AvgIpc) is 2.84. The first-order chi connectivity index (χ1) is 16.1. The minimum atomic E-state index is -0.379. The molecule has 0 aliphatic heterocycles. The van der Waals surface area contributed by atoms with E-state index >= 15 is 0 Å². The molecule has 6 nitrogen and oxygen atoms in total. The van der Waals surface area contributed by atoms with E-state index in [0.29, 0.717) is 11.2 Å². The molecule has 0 amide bonds. The van der Waals surface area contributed by atoms with Crippen molar-refractivity contribution >= 4 is 45.2 Å². The number of anilines is 1. The van der Waals surface area contributed by atoms with E-state index in [0.717, 1.165) is 33.4 Å². The first kappa shape index (κ1) is 20.2. The summed E-state index contributed by atoms with van der Waals surface area (Å²) in [6.45, 7) is 0. The third kappa shape index (κ3) is 4.65. The largest absolute Gasteiger partial charge is 0.423 e. The summed E-state index contributed by atoms with van der Waals surface area (Å²) >= 11 is 0. The highest BCUT2D eigenvalue weighted by Gasteiger charge is 2.04. The lowest BCUT2D eigenvalue weighted by atomic mass is 10.1. The van der Waals surface area contributed by atoms with Gasteiger partial charge < -0.3 is 14.2 Å². The van der Waals surface area contributed by atoms with Crippen molar-refractivity contribution in [3.05, 3.63) is 123 Å². The van der Waals surface area contributed by atoms with Crippen LogP contribution in [0.1, 0.15) is 5.56 Å². The van der Waals surface area contributed by atoms with Crippen molar-refractivity contribution in [2.75, 3.05) is 5.32 Å². The summed E-state index contributed by atoms with van der Waals surface area (Å²) in [7, 11) is 0. The van der Waals surface area contributed by atoms with Crippen molar-refractivity contribution in [3.63, 3.8) is 0 Å². The van der Waals surface area contributed by atoms with Gasteiger partial charge in [0.05, 0.1) is 5.69 Å². The van der Waals surface area contributed by atoms with Gasteiger partial charge in [0.1, 0.15) is 11.2 Å². The fraction of sp³-hybridized carbons (Fsp3) is 0. The normalized spacial score (nSPS) is 11.9. The maximum absolute atomic E-state index is 11.4. The molecule has 0 aliphatic rings. The molecule has 6 heteroatoms. The summed E-state index contributed by atoms with van der Waals surface area (Å²) in [6.07, 6.45) is 3.61. The molecule has 0 aliphatic carbocycles. The molecule has 33 heavy (non-hydrogen) atoms. The lowest BCUT2D eigenvalue weighted by molar-refractivity contribution is 0.561. The Bertz CT molecular complexity index is 1630. The molecular formula is C27H18N2O4. The highest BCUT2D eigenvalue weighted by Crippen LogP contribution is 2.23. The predicted molar refractivity (Wildman–Crippen MR) is 131 cm³/mol. The number of benzene rings is 3. The Hall–Kier alpha value is -4.71. The van der Waals surface area contributed by atoms with Crippen LogP contribution in [-0.4, -0.2) is 6.21 Å². The fourth-order valence-electron chi connectivity index (χ4n) is 3.47. The minimum absolute atomic E-state index is 0.375. The van der Waals surface area contributed by atoms with Gasteiger partial charge in [-0.2, -0.15) is 0 Å². The molecule has 0 unspecified atom stereocenters. The number of nitrogens with one attached hydrogen (secondary N) is 1. The van der Waals surface area contributed by atoms with Crippen molar-refractivity contribution in [3.8, 4) is 0 Å². The Labute approximate surface area is 188 Å². The van der Waals surface area contributed by atoms with E-state index in [1.807, 2.05) is 54.6 Å². The van der Waals surface area contributed by atoms with Crippen LogP contribution in [0.5, 0.6) is 0 Å². The highest BCUT2D eigenvalue weighted by molar-refractivity contribution is 5.92. The molecule has 0 spiro atoms. The van der Waals surface area contributed by atoms with Crippen molar-refractivity contribution in [2.24, 2.45) is 4.99 Å². The van der Waals surface area contributed by atoms with E-state index < -0.39 is 0 Å². The van der Waals surface area contributed by atoms with Crippen LogP contribution in [0.3, 0.4) is 0 Å². The number of fused-ring (bicyclic) bond motifs is 2. The van der Waals surface area contributed by atoms with Gasteiger partial charge in [-0.05, 0) is 60.2 Å². The first-order valence-corrected chi connectivity index (χ1v) is 10.3. The van der Waals surface area contributed by atoms with Gasteiger partial charge in [-0.15, -0.1) is 0 Å². The van der Waals surface area contributed by atoms with Gasteiger partial charge in [-0.25, -0.2) is 9.59 Å². The fourth-order valence-corrected chi connectivity index (χ4v) is 3.47. The van der Waals surface area contributed by atoms with Gasteiger partial charge in [0, 0.05) is 40.5 Å². The average molecular weight is 434 g/mol. The molecule has 5 aromatic rings. The monoisotopic (exact) mass is 434 g/mol. The molecule has 0 saturated heterocycles. The molecule has 2 aromatic heterocycles. The third-order valence-corrected chi connectivity index (χ3v) is 5.05. The number of aliphatic imine (C=N–C) groups is 1. The zero-order chi connectivity index (χ0) is 22.6. The van der Waals surface area contributed by atoms with Crippen LogP contribution in [0.15, 0.2) is 120 Å². The zero-order valence-corrected chi connectivity index (χ0v) is 17.4. The lowest BCUT2D eigenvalue weighted by Gasteiger charge is -2.11.